The summed E-state index contributed by atoms with van der Waals surface area (Å²) < 4.78 is 23.5. The Morgan fingerprint density at radius 3 is 2.61 bits per heavy atom. The highest BCUT2D eigenvalue weighted by Gasteiger charge is 2.18. The van der Waals surface area contributed by atoms with Crippen LogP contribution in [0.5, 0.6) is 5.75 Å². The quantitative estimate of drug-likeness (QED) is 0.821. The molecule has 0 aliphatic carbocycles. The van der Waals surface area contributed by atoms with Gasteiger partial charge in [-0.3, -0.25) is 0 Å². The number of rotatable bonds is 5. The monoisotopic (exact) mass is 256 g/mol. The Morgan fingerprint density at radius 2 is 2.11 bits per heavy atom. The van der Waals surface area contributed by atoms with Gasteiger partial charge in [0.1, 0.15) is 0 Å². The van der Waals surface area contributed by atoms with E-state index < -0.39 is 24.0 Å². The summed E-state index contributed by atoms with van der Waals surface area (Å²) in [6, 6.07) is 4.10. The first-order valence-electron chi connectivity index (χ1n) is 5.76. The fourth-order valence-corrected chi connectivity index (χ4v) is 1.37. The second kappa shape index (κ2) is 6.35. The van der Waals surface area contributed by atoms with E-state index in [0.717, 1.165) is 0 Å². The molecule has 0 radical (unpaired) electrons. The molecule has 0 amide bonds. The lowest BCUT2D eigenvalue weighted by Crippen LogP contribution is -2.26. The van der Waals surface area contributed by atoms with Gasteiger partial charge in [0.25, 0.3) is 0 Å². The molecule has 1 aromatic rings. The zero-order valence-corrected chi connectivity index (χ0v) is 10.6. The molecule has 0 saturated carbocycles. The number of aliphatic hydroxyl groups excluding tert-OH is 1. The molecule has 0 aliphatic rings. The Bertz CT molecular complexity index is 417. The number of halogens is 1. The molecule has 0 saturated heterocycles. The molecule has 100 valence electrons. The van der Waals surface area contributed by atoms with Gasteiger partial charge in [-0.15, -0.1) is 0 Å². The number of hydrogen-bond donors (Lipinski definition) is 1. The van der Waals surface area contributed by atoms with E-state index in [9.17, 15) is 14.3 Å². The number of carbonyl (C=O) groups is 1. The Labute approximate surface area is 105 Å². The molecule has 0 spiro atoms. The molecule has 0 aromatic heterocycles. The molecule has 2 unspecified atom stereocenters. The van der Waals surface area contributed by atoms with E-state index in [1.54, 1.807) is 13.0 Å². The standard InChI is InChI=1S/C13H17FO4/c1-4-17-13(16)9(3)18-12-6-5-10(8(2)15)7-11(12)14/h5-9,15H,4H2,1-3H3. The molecule has 2 atom stereocenters. The molecular formula is C13H17FO4. The lowest BCUT2D eigenvalue weighted by Gasteiger charge is -2.14. The molecule has 4 nitrogen and oxygen atoms in total. The van der Waals surface area contributed by atoms with Crippen LogP contribution in [0.15, 0.2) is 18.2 Å². The van der Waals surface area contributed by atoms with Gasteiger partial charge in [0.15, 0.2) is 17.7 Å². The summed E-state index contributed by atoms with van der Waals surface area (Å²) in [7, 11) is 0. The van der Waals surface area contributed by atoms with Crippen LogP contribution in [0.25, 0.3) is 0 Å². The minimum atomic E-state index is -0.878. The van der Waals surface area contributed by atoms with E-state index in [2.05, 4.69) is 0 Å². The van der Waals surface area contributed by atoms with Crippen molar-refractivity contribution >= 4 is 5.97 Å². The predicted octanol–water partition coefficient (Wildman–Crippen LogP) is 2.21. The average molecular weight is 256 g/mol. The smallest absolute Gasteiger partial charge is 0.347 e. The lowest BCUT2D eigenvalue weighted by atomic mass is 10.1. The molecule has 1 rings (SSSR count). The van der Waals surface area contributed by atoms with Crippen molar-refractivity contribution in [2.75, 3.05) is 6.61 Å². The van der Waals surface area contributed by atoms with Gasteiger partial charge in [-0.1, -0.05) is 6.07 Å². The second-order valence-corrected chi connectivity index (χ2v) is 3.88. The van der Waals surface area contributed by atoms with Crippen LogP contribution in [0.2, 0.25) is 0 Å². The molecule has 5 heteroatoms. The first kappa shape index (κ1) is 14.4. The third kappa shape index (κ3) is 3.70. The fraction of sp³-hybridized carbons (Fsp3) is 0.462. The van der Waals surface area contributed by atoms with Gasteiger partial charge >= 0.3 is 5.97 Å². The maximum absolute atomic E-state index is 13.6. The van der Waals surface area contributed by atoms with Crippen molar-refractivity contribution in [1.29, 1.82) is 0 Å². The summed E-state index contributed by atoms with van der Waals surface area (Å²) in [6.45, 7) is 4.95. The molecule has 0 aliphatic heterocycles. The van der Waals surface area contributed by atoms with Crippen molar-refractivity contribution in [1.82, 2.24) is 0 Å². The third-order valence-corrected chi connectivity index (χ3v) is 2.36. The van der Waals surface area contributed by atoms with Gasteiger partial charge in [0, 0.05) is 0 Å². The maximum Gasteiger partial charge on any atom is 0.347 e. The molecule has 0 fully saturated rings. The zero-order chi connectivity index (χ0) is 13.7. The van der Waals surface area contributed by atoms with E-state index in [1.165, 1.54) is 26.0 Å². The SMILES string of the molecule is CCOC(=O)C(C)Oc1ccc(C(C)O)cc1F. The van der Waals surface area contributed by atoms with E-state index in [4.69, 9.17) is 9.47 Å². The van der Waals surface area contributed by atoms with Crippen molar-refractivity contribution in [3.05, 3.63) is 29.6 Å². The first-order valence-corrected chi connectivity index (χ1v) is 5.76. The van der Waals surface area contributed by atoms with Crippen LogP contribution in [0, 0.1) is 5.82 Å². The van der Waals surface area contributed by atoms with E-state index in [1.807, 2.05) is 0 Å². The number of esters is 1. The van der Waals surface area contributed by atoms with Crippen LogP contribution in [-0.2, 0) is 9.53 Å². The predicted molar refractivity (Wildman–Crippen MR) is 63.8 cm³/mol. The van der Waals surface area contributed by atoms with Gasteiger partial charge in [0.2, 0.25) is 0 Å². The Kier molecular flexibility index (Phi) is 5.09. The second-order valence-electron chi connectivity index (χ2n) is 3.88. The Hall–Kier alpha value is -1.62. The van der Waals surface area contributed by atoms with Gasteiger partial charge < -0.3 is 14.6 Å². The lowest BCUT2D eigenvalue weighted by molar-refractivity contribution is -0.150. The summed E-state index contributed by atoms with van der Waals surface area (Å²) in [4.78, 5) is 11.3. The van der Waals surface area contributed by atoms with E-state index in [0.29, 0.717) is 5.56 Å². The minimum Gasteiger partial charge on any atom is -0.476 e. The van der Waals surface area contributed by atoms with E-state index >= 15 is 0 Å². The number of ether oxygens (including phenoxy) is 2. The molecule has 1 aromatic carbocycles. The number of carbonyl (C=O) groups excluding carboxylic acids is 1. The van der Waals surface area contributed by atoms with Gasteiger partial charge in [-0.25, -0.2) is 9.18 Å². The van der Waals surface area contributed by atoms with Crippen molar-refractivity contribution in [2.24, 2.45) is 0 Å². The molecular weight excluding hydrogens is 239 g/mol. The maximum atomic E-state index is 13.6. The van der Waals surface area contributed by atoms with Crippen LogP contribution in [0.1, 0.15) is 32.4 Å². The first-order chi connectivity index (χ1) is 8.45. The topological polar surface area (TPSA) is 55.8 Å². The van der Waals surface area contributed by atoms with Gasteiger partial charge in [-0.2, -0.15) is 0 Å². The molecule has 0 bridgehead atoms. The largest absolute Gasteiger partial charge is 0.476 e. The van der Waals surface area contributed by atoms with Crippen LogP contribution in [0.3, 0.4) is 0 Å². The summed E-state index contributed by atoms with van der Waals surface area (Å²) in [5, 5.41) is 9.30. The van der Waals surface area contributed by atoms with Crippen molar-refractivity contribution < 1.29 is 23.8 Å². The van der Waals surface area contributed by atoms with Crippen molar-refractivity contribution in [3.8, 4) is 5.75 Å². The summed E-state index contributed by atoms with van der Waals surface area (Å²) in [5.74, 6) is -1.21. The highest BCUT2D eigenvalue weighted by atomic mass is 19.1. The summed E-state index contributed by atoms with van der Waals surface area (Å²) in [6.07, 6.45) is -1.63. The molecule has 1 N–H and O–H groups in total. The van der Waals surface area contributed by atoms with Crippen LogP contribution < -0.4 is 4.74 Å². The molecule has 18 heavy (non-hydrogen) atoms. The highest BCUT2D eigenvalue weighted by Crippen LogP contribution is 2.23. The third-order valence-electron chi connectivity index (χ3n) is 2.36. The fourth-order valence-electron chi connectivity index (χ4n) is 1.37. The van der Waals surface area contributed by atoms with Gasteiger partial charge in [-0.05, 0) is 38.5 Å². The highest BCUT2D eigenvalue weighted by molar-refractivity contribution is 5.74. The zero-order valence-electron chi connectivity index (χ0n) is 10.6. The minimum absolute atomic E-state index is 0.0417. The Morgan fingerprint density at radius 1 is 1.44 bits per heavy atom. The van der Waals surface area contributed by atoms with Crippen LogP contribution in [-0.4, -0.2) is 23.8 Å². The normalized spacial score (nSPS) is 13.8. The summed E-state index contributed by atoms with van der Waals surface area (Å²) >= 11 is 0. The van der Waals surface area contributed by atoms with Crippen molar-refractivity contribution in [2.45, 2.75) is 33.0 Å². The van der Waals surface area contributed by atoms with E-state index in [-0.39, 0.29) is 12.4 Å². The number of aliphatic hydroxyl groups is 1. The van der Waals surface area contributed by atoms with Crippen LogP contribution >= 0.6 is 0 Å². The Balaban J connectivity index is 2.76. The molecule has 0 heterocycles. The van der Waals surface area contributed by atoms with Crippen molar-refractivity contribution in [3.63, 3.8) is 0 Å². The van der Waals surface area contributed by atoms with Gasteiger partial charge in [0.05, 0.1) is 12.7 Å². The van der Waals surface area contributed by atoms with Crippen LogP contribution in [0.4, 0.5) is 4.39 Å². The average Bonchev–Trinajstić information content (AvgIpc) is 2.31. The number of hydrogen-bond acceptors (Lipinski definition) is 4. The number of benzene rings is 1. The summed E-state index contributed by atoms with van der Waals surface area (Å²) in [5.41, 5.74) is 0.448.